The molecule has 6 nitrogen and oxygen atoms in total. The Hall–Kier alpha value is -2.09. The first-order valence-corrected chi connectivity index (χ1v) is 9.81. The number of amides is 1. The molecule has 0 aliphatic carbocycles. The number of carbonyl (C=O) groups is 1. The molecule has 2 rings (SSSR count). The molecule has 0 aliphatic rings. The van der Waals surface area contributed by atoms with Gasteiger partial charge in [-0.1, -0.05) is 29.8 Å². The third kappa shape index (κ3) is 4.97. The maximum absolute atomic E-state index is 12.4. The monoisotopic (exact) mass is 395 g/mol. The number of halogens is 1. The van der Waals surface area contributed by atoms with Crippen molar-refractivity contribution in [2.75, 3.05) is 26.0 Å². The average Bonchev–Trinajstić information content (AvgIpc) is 2.59. The van der Waals surface area contributed by atoms with E-state index in [1.54, 1.807) is 24.3 Å². The van der Waals surface area contributed by atoms with E-state index in [0.29, 0.717) is 10.6 Å². The third-order valence-electron chi connectivity index (χ3n) is 3.84. The van der Waals surface area contributed by atoms with Crippen LogP contribution < -0.4 is 10.6 Å². The Morgan fingerprint density at radius 1 is 1.15 bits per heavy atom. The van der Waals surface area contributed by atoms with Gasteiger partial charge < -0.3 is 10.6 Å². The average molecular weight is 396 g/mol. The minimum atomic E-state index is -3.57. The second-order valence-corrected chi connectivity index (χ2v) is 8.54. The lowest BCUT2D eigenvalue weighted by Gasteiger charge is -2.16. The predicted octanol–water partition coefficient (Wildman–Crippen LogP) is 2.63. The number of carbonyl (C=O) groups excluding carboxylic acids is 1. The zero-order chi connectivity index (χ0) is 19.3. The van der Waals surface area contributed by atoms with Gasteiger partial charge in [0.15, 0.2) is 0 Å². The van der Waals surface area contributed by atoms with Crippen molar-refractivity contribution >= 4 is 33.2 Å². The summed E-state index contributed by atoms with van der Waals surface area (Å²) in [6.07, 6.45) is 0. The fraction of sp³-hybridized carbons (Fsp3) is 0.278. The summed E-state index contributed by atoms with van der Waals surface area (Å²) in [5.41, 5.74) is 2.30. The first kappa shape index (κ1) is 20.2. The van der Waals surface area contributed by atoms with Gasteiger partial charge in [0, 0.05) is 31.4 Å². The van der Waals surface area contributed by atoms with Crippen molar-refractivity contribution < 1.29 is 13.2 Å². The Kier molecular flexibility index (Phi) is 6.63. The number of rotatable bonds is 7. The number of hydrogen-bond donors (Lipinski definition) is 2. The number of nitrogens with one attached hydrogen (secondary N) is 2. The molecule has 0 unspecified atom stereocenters. The molecule has 0 radical (unpaired) electrons. The molecule has 2 aromatic rings. The van der Waals surface area contributed by atoms with Crippen LogP contribution in [0.5, 0.6) is 0 Å². The summed E-state index contributed by atoms with van der Waals surface area (Å²) in [6, 6.07) is 12.0. The number of hydrogen-bond acceptors (Lipinski definition) is 4. The Morgan fingerprint density at radius 3 is 2.50 bits per heavy atom. The summed E-state index contributed by atoms with van der Waals surface area (Å²) < 4.78 is 25.9. The molecule has 0 fully saturated rings. The van der Waals surface area contributed by atoms with E-state index in [2.05, 4.69) is 10.6 Å². The van der Waals surface area contributed by atoms with Gasteiger partial charge in [0.1, 0.15) is 0 Å². The highest BCUT2D eigenvalue weighted by Gasteiger charge is 2.20. The Balaban J connectivity index is 2.00. The van der Waals surface area contributed by atoms with Gasteiger partial charge in [-0.05, 0) is 42.3 Å². The van der Waals surface area contributed by atoms with Crippen molar-refractivity contribution in [2.45, 2.75) is 18.4 Å². The molecule has 0 saturated carbocycles. The van der Waals surface area contributed by atoms with E-state index >= 15 is 0 Å². The molecule has 1 amide bonds. The normalized spacial score (nSPS) is 11.4. The summed E-state index contributed by atoms with van der Waals surface area (Å²) in [6.45, 7) is 2.10. The van der Waals surface area contributed by atoms with Gasteiger partial charge in [0.05, 0.1) is 11.4 Å². The molecule has 0 heterocycles. The SMILES string of the molecule is Cc1cc(Cl)ccc1NCC(=O)NCc1ccccc1S(=O)(=O)N(C)C. The molecule has 0 bridgehead atoms. The molecular formula is C18H22ClN3O3S. The highest BCUT2D eigenvalue weighted by atomic mass is 35.5. The summed E-state index contributed by atoms with van der Waals surface area (Å²) >= 11 is 5.91. The van der Waals surface area contributed by atoms with E-state index in [1.807, 2.05) is 19.1 Å². The quantitative estimate of drug-likeness (QED) is 0.755. The van der Waals surface area contributed by atoms with Crippen molar-refractivity contribution in [1.82, 2.24) is 9.62 Å². The van der Waals surface area contributed by atoms with Crippen molar-refractivity contribution in [1.29, 1.82) is 0 Å². The fourth-order valence-electron chi connectivity index (χ4n) is 2.36. The second kappa shape index (κ2) is 8.53. The van der Waals surface area contributed by atoms with Crippen LogP contribution >= 0.6 is 11.6 Å². The molecule has 140 valence electrons. The van der Waals surface area contributed by atoms with Crippen LogP contribution in [0.25, 0.3) is 0 Å². The van der Waals surface area contributed by atoms with Crippen molar-refractivity contribution in [2.24, 2.45) is 0 Å². The van der Waals surface area contributed by atoms with Crippen molar-refractivity contribution in [3.8, 4) is 0 Å². The van der Waals surface area contributed by atoms with Gasteiger partial charge in [-0.3, -0.25) is 4.79 Å². The standard InChI is InChI=1S/C18H22ClN3O3S/c1-13-10-15(19)8-9-16(13)20-12-18(23)21-11-14-6-4-5-7-17(14)26(24,25)22(2)3/h4-10,20H,11-12H2,1-3H3,(H,21,23). The van der Waals surface area contributed by atoms with Crippen LogP contribution in [0.4, 0.5) is 5.69 Å². The predicted molar refractivity (Wildman–Crippen MR) is 104 cm³/mol. The molecule has 0 aromatic heterocycles. The Labute approximate surface area is 159 Å². The maximum Gasteiger partial charge on any atom is 0.242 e. The van der Waals surface area contributed by atoms with Gasteiger partial charge in [-0.25, -0.2) is 12.7 Å². The number of sulfonamides is 1. The van der Waals surface area contributed by atoms with Crippen LogP contribution in [0.15, 0.2) is 47.4 Å². The topological polar surface area (TPSA) is 78.5 Å². The lowest BCUT2D eigenvalue weighted by molar-refractivity contribution is -0.119. The maximum atomic E-state index is 12.4. The zero-order valence-corrected chi connectivity index (χ0v) is 16.5. The first-order chi connectivity index (χ1) is 12.2. The molecule has 2 aromatic carbocycles. The van der Waals surface area contributed by atoms with Crippen LogP contribution in [0.1, 0.15) is 11.1 Å². The van der Waals surface area contributed by atoms with Crippen LogP contribution in [-0.4, -0.2) is 39.3 Å². The smallest absolute Gasteiger partial charge is 0.242 e. The van der Waals surface area contributed by atoms with E-state index in [0.717, 1.165) is 15.6 Å². The number of benzene rings is 2. The van der Waals surface area contributed by atoms with Gasteiger partial charge in [0.2, 0.25) is 15.9 Å². The van der Waals surface area contributed by atoms with E-state index in [4.69, 9.17) is 11.6 Å². The molecule has 26 heavy (non-hydrogen) atoms. The van der Waals surface area contributed by atoms with Gasteiger partial charge in [-0.2, -0.15) is 0 Å². The summed E-state index contributed by atoms with van der Waals surface area (Å²) in [4.78, 5) is 12.3. The Morgan fingerprint density at radius 2 is 1.85 bits per heavy atom. The van der Waals surface area contributed by atoms with Crippen LogP contribution in [0.3, 0.4) is 0 Å². The molecule has 0 atom stereocenters. The zero-order valence-electron chi connectivity index (χ0n) is 14.9. The lowest BCUT2D eigenvalue weighted by Crippen LogP contribution is -2.31. The molecule has 0 spiro atoms. The number of aryl methyl sites for hydroxylation is 1. The van der Waals surface area contributed by atoms with Gasteiger partial charge in [0.25, 0.3) is 0 Å². The minimum Gasteiger partial charge on any atom is -0.376 e. The van der Waals surface area contributed by atoms with E-state index in [1.165, 1.54) is 20.2 Å². The van der Waals surface area contributed by atoms with Crippen LogP contribution in [0, 0.1) is 6.92 Å². The highest BCUT2D eigenvalue weighted by Crippen LogP contribution is 2.20. The van der Waals surface area contributed by atoms with E-state index in [9.17, 15) is 13.2 Å². The summed E-state index contributed by atoms with van der Waals surface area (Å²) in [5.74, 6) is -0.239. The van der Waals surface area contributed by atoms with E-state index < -0.39 is 10.0 Å². The van der Waals surface area contributed by atoms with E-state index in [-0.39, 0.29) is 23.9 Å². The molecule has 2 N–H and O–H groups in total. The van der Waals surface area contributed by atoms with Gasteiger partial charge in [-0.15, -0.1) is 0 Å². The van der Waals surface area contributed by atoms with Crippen molar-refractivity contribution in [3.05, 3.63) is 58.6 Å². The fourth-order valence-corrected chi connectivity index (χ4v) is 3.70. The van der Waals surface area contributed by atoms with Gasteiger partial charge >= 0.3 is 0 Å². The van der Waals surface area contributed by atoms with Crippen LogP contribution in [-0.2, 0) is 21.4 Å². The second-order valence-electron chi connectivity index (χ2n) is 5.98. The number of anilines is 1. The highest BCUT2D eigenvalue weighted by molar-refractivity contribution is 7.89. The van der Waals surface area contributed by atoms with Crippen molar-refractivity contribution in [3.63, 3.8) is 0 Å². The molecule has 0 aliphatic heterocycles. The molecule has 8 heteroatoms. The largest absolute Gasteiger partial charge is 0.376 e. The summed E-state index contributed by atoms with van der Waals surface area (Å²) in [7, 11) is -0.616. The Bertz CT molecular complexity index is 898. The third-order valence-corrected chi connectivity index (χ3v) is 5.99. The van der Waals surface area contributed by atoms with Crippen LogP contribution in [0.2, 0.25) is 5.02 Å². The molecule has 0 saturated heterocycles. The minimum absolute atomic E-state index is 0.0745. The first-order valence-electron chi connectivity index (χ1n) is 7.99. The lowest BCUT2D eigenvalue weighted by atomic mass is 10.2. The molecular weight excluding hydrogens is 374 g/mol. The number of nitrogens with zero attached hydrogens (tertiary/aromatic N) is 1. The summed E-state index contributed by atoms with van der Waals surface area (Å²) in [5, 5.41) is 6.42.